The molecule has 0 unspecified atom stereocenters. The summed E-state index contributed by atoms with van der Waals surface area (Å²) >= 11 is 0. The van der Waals surface area contributed by atoms with Crippen molar-refractivity contribution in [2.75, 3.05) is 23.8 Å². The normalized spacial score (nSPS) is 10.4. The Balaban J connectivity index is 1.10. The van der Waals surface area contributed by atoms with Crippen LogP contribution in [0.25, 0.3) is 0 Å². The van der Waals surface area contributed by atoms with Gasteiger partial charge in [0.1, 0.15) is 11.5 Å². The van der Waals surface area contributed by atoms with E-state index in [2.05, 4.69) is 10.6 Å². The molecule has 0 aliphatic carbocycles. The number of carbonyl (C=O) groups is 4. The summed E-state index contributed by atoms with van der Waals surface area (Å²) in [4.78, 5) is 50.4. The van der Waals surface area contributed by atoms with Crippen molar-refractivity contribution in [3.63, 3.8) is 0 Å². The summed E-state index contributed by atoms with van der Waals surface area (Å²) in [6.07, 6.45) is 0. The second-order valence-electron chi connectivity index (χ2n) is 9.66. The molecule has 44 heavy (non-hydrogen) atoms. The van der Waals surface area contributed by atoms with E-state index < -0.39 is 11.8 Å². The van der Waals surface area contributed by atoms with Crippen LogP contribution in [0.1, 0.15) is 31.8 Å². The molecule has 0 aromatic heterocycles. The zero-order valence-corrected chi connectivity index (χ0v) is 23.6. The van der Waals surface area contributed by atoms with Crippen LogP contribution < -0.4 is 20.1 Å². The topological polar surface area (TPSA) is 111 Å². The number of carbonyl (C=O) groups excluding carboxylic acids is 4. The maximum Gasteiger partial charge on any atom is 0.262 e. The third-order valence-electron chi connectivity index (χ3n) is 6.52. The molecule has 5 aromatic rings. The largest absolute Gasteiger partial charge is 0.484 e. The van der Waals surface area contributed by atoms with Gasteiger partial charge in [-0.3, -0.25) is 19.2 Å². The number of para-hydroxylation sites is 2. The SMILES string of the molecule is O=C(COc1ccc(C(=O)c2ccccc2)cc1)Nc1ccccc1NC(=O)COc1ccc(C(=O)c2ccccc2)cc1. The Morgan fingerprint density at radius 2 is 0.727 bits per heavy atom. The average Bonchev–Trinajstić information content (AvgIpc) is 3.08. The molecular formula is C36H28N2O6. The van der Waals surface area contributed by atoms with E-state index in [1.54, 1.807) is 121 Å². The first-order valence-corrected chi connectivity index (χ1v) is 13.8. The van der Waals surface area contributed by atoms with Crippen LogP contribution in [0.2, 0.25) is 0 Å². The summed E-state index contributed by atoms with van der Waals surface area (Å²) in [6.45, 7) is -0.555. The number of nitrogens with one attached hydrogen (secondary N) is 2. The van der Waals surface area contributed by atoms with Crippen molar-refractivity contribution in [1.29, 1.82) is 0 Å². The van der Waals surface area contributed by atoms with Crippen molar-refractivity contribution in [1.82, 2.24) is 0 Å². The highest BCUT2D eigenvalue weighted by molar-refractivity contribution is 6.09. The first kappa shape index (κ1) is 29.5. The maximum atomic E-state index is 12.6. The summed E-state index contributed by atoms with van der Waals surface area (Å²) < 4.78 is 11.2. The number of benzene rings is 5. The van der Waals surface area contributed by atoms with Gasteiger partial charge in [0.05, 0.1) is 11.4 Å². The minimum atomic E-state index is -0.433. The predicted octanol–water partition coefficient (Wildman–Crippen LogP) is 6.18. The summed E-state index contributed by atoms with van der Waals surface area (Å²) in [5, 5.41) is 5.47. The second kappa shape index (κ2) is 14.2. The highest BCUT2D eigenvalue weighted by atomic mass is 16.5. The molecule has 8 heteroatoms. The fourth-order valence-corrected chi connectivity index (χ4v) is 4.29. The Hall–Kier alpha value is -6.02. The van der Waals surface area contributed by atoms with Crippen LogP contribution in [0.5, 0.6) is 11.5 Å². The van der Waals surface area contributed by atoms with Gasteiger partial charge in [0.2, 0.25) is 0 Å². The van der Waals surface area contributed by atoms with Crippen LogP contribution in [0.15, 0.2) is 133 Å². The van der Waals surface area contributed by atoms with Crippen LogP contribution >= 0.6 is 0 Å². The van der Waals surface area contributed by atoms with Gasteiger partial charge >= 0.3 is 0 Å². The summed E-state index contributed by atoms with van der Waals surface area (Å²) in [5.74, 6) is -0.212. The monoisotopic (exact) mass is 584 g/mol. The van der Waals surface area contributed by atoms with E-state index in [0.29, 0.717) is 45.1 Å². The zero-order valence-electron chi connectivity index (χ0n) is 23.6. The minimum absolute atomic E-state index is 0.104. The molecule has 218 valence electrons. The van der Waals surface area contributed by atoms with Crippen molar-refractivity contribution in [3.8, 4) is 11.5 Å². The van der Waals surface area contributed by atoms with E-state index in [1.807, 2.05) is 12.1 Å². The van der Waals surface area contributed by atoms with E-state index in [1.165, 1.54) is 0 Å². The van der Waals surface area contributed by atoms with E-state index >= 15 is 0 Å². The van der Waals surface area contributed by atoms with Crippen LogP contribution in [0, 0.1) is 0 Å². The van der Waals surface area contributed by atoms with Gasteiger partial charge in [-0.05, 0) is 60.7 Å². The lowest BCUT2D eigenvalue weighted by Gasteiger charge is -2.13. The van der Waals surface area contributed by atoms with E-state index in [9.17, 15) is 19.2 Å². The lowest BCUT2D eigenvalue weighted by molar-refractivity contribution is -0.119. The minimum Gasteiger partial charge on any atom is -0.484 e. The van der Waals surface area contributed by atoms with Crippen molar-refractivity contribution in [2.45, 2.75) is 0 Å². The van der Waals surface area contributed by atoms with E-state index in [0.717, 1.165) is 0 Å². The number of hydrogen-bond donors (Lipinski definition) is 2. The fraction of sp³-hybridized carbons (Fsp3) is 0.0556. The Bertz CT molecular complexity index is 1620. The van der Waals surface area contributed by atoms with Crippen LogP contribution in [0.4, 0.5) is 11.4 Å². The van der Waals surface area contributed by atoms with Crippen molar-refractivity contribution in [3.05, 3.63) is 156 Å². The number of rotatable bonds is 12. The Morgan fingerprint density at radius 3 is 1.09 bits per heavy atom. The van der Waals surface area contributed by atoms with Gasteiger partial charge in [0.25, 0.3) is 11.8 Å². The molecule has 8 nitrogen and oxygen atoms in total. The molecule has 0 heterocycles. The van der Waals surface area contributed by atoms with Crippen LogP contribution in [-0.4, -0.2) is 36.6 Å². The Labute approximate surface area is 254 Å². The van der Waals surface area contributed by atoms with Gasteiger partial charge in [0, 0.05) is 22.3 Å². The maximum absolute atomic E-state index is 12.6. The van der Waals surface area contributed by atoms with Gasteiger partial charge in [-0.2, -0.15) is 0 Å². The van der Waals surface area contributed by atoms with Gasteiger partial charge in [0.15, 0.2) is 24.8 Å². The average molecular weight is 585 g/mol. The Morgan fingerprint density at radius 1 is 0.409 bits per heavy atom. The van der Waals surface area contributed by atoms with Gasteiger partial charge in [-0.15, -0.1) is 0 Å². The Kier molecular flexibility index (Phi) is 9.54. The molecule has 0 radical (unpaired) electrons. The second-order valence-corrected chi connectivity index (χ2v) is 9.66. The molecule has 0 aliphatic rings. The standard InChI is InChI=1S/C36H28N2O6/c39-33(23-43-29-19-15-27(16-20-29)35(41)25-9-3-1-4-10-25)37-31-13-7-8-14-32(31)38-34(40)24-44-30-21-17-28(18-22-30)36(42)26-11-5-2-6-12-26/h1-22H,23-24H2,(H,37,39)(H,38,40). The van der Waals surface area contributed by atoms with Gasteiger partial charge in [-0.1, -0.05) is 72.8 Å². The summed E-state index contributed by atoms with van der Waals surface area (Å²) in [7, 11) is 0. The molecule has 0 bridgehead atoms. The molecule has 0 aliphatic heterocycles. The molecule has 5 aromatic carbocycles. The smallest absolute Gasteiger partial charge is 0.262 e. The van der Waals surface area contributed by atoms with Crippen molar-refractivity contribution >= 4 is 34.8 Å². The number of hydrogen-bond acceptors (Lipinski definition) is 6. The number of amides is 2. The molecule has 0 spiro atoms. The number of anilines is 2. The van der Waals surface area contributed by atoms with Gasteiger partial charge < -0.3 is 20.1 Å². The van der Waals surface area contributed by atoms with E-state index in [-0.39, 0.29) is 24.8 Å². The third kappa shape index (κ3) is 7.83. The predicted molar refractivity (Wildman–Crippen MR) is 167 cm³/mol. The summed E-state index contributed by atoms with van der Waals surface area (Å²) in [5.41, 5.74) is 2.98. The molecule has 2 N–H and O–H groups in total. The highest BCUT2D eigenvalue weighted by Crippen LogP contribution is 2.22. The van der Waals surface area contributed by atoms with Gasteiger partial charge in [-0.25, -0.2) is 0 Å². The molecule has 0 saturated carbocycles. The molecule has 0 saturated heterocycles. The molecule has 0 atom stereocenters. The van der Waals surface area contributed by atoms with Crippen molar-refractivity contribution < 1.29 is 28.7 Å². The highest BCUT2D eigenvalue weighted by Gasteiger charge is 2.13. The summed E-state index contributed by atoms with van der Waals surface area (Å²) in [6, 6.07) is 37.8. The quantitative estimate of drug-likeness (QED) is 0.169. The first-order chi connectivity index (χ1) is 21.5. The number of ketones is 2. The lowest BCUT2D eigenvalue weighted by atomic mass is 10.0. The van der Waals surface area contributed by atoms with Crippen LogP contribution in [0.3, 0.4) is 0 Å². The zero-order chi connectivity index (χ0) is 30.7. The third-order valence-corrected chi connectivity index (χ3v) is 6.52. The van der Waals surface area contributed by atoms with Crippen LogP contribution in [-0.2, 0) is 9.59 Å². The lowest BCUT2D eigenvalue weighted by Crippen LogP contribution is -2.23. The molecule has 5 rings (SSSR count). The fourth-order valence-electron chi connectivity index (χ4n) is 4.29. The molecular weight excluding hydrogens is 556 g/mol. The molecule has 2 amide bonds. The molecule has 0 fully saturated rings. The number of ether oxygens (including phenoxy) is 2. The first-order valence-electron chi connectivity index (χ1n) is 13.8. The van der Waals surface area contributed by atoms with Crippen molar-refractivity contribution in [2.24, 2.45) is 0 Å². The van der Waals surface area contributed by atoms with E-state index in [4.69, 9.17) is 9.47 Å².